The first-order chi connectivity index (χ1) is 8.72. The van der Waals surface area contributed by atoms with Crippen molar-refractivity contribution in [1.29, 1.82) is 0 Å². The second-order valence-electron chi connectivity index (χ2n) is 5.22. The molecule has 1 unspecified atom stereocenters. The van der Waals surface area contributed by atoms with Crippen molar-refractivity contribution >= 4 is 5.91 Å². The molecule has 2 saturated carbocycles. The molecule has 98 valence electrons. The lowest BCUT2D eigenvalue weighted by atomic mass is 10.1. The summed E-state index contributed by atoms with van der Waals surface area (Å²) in [5.74, 6) is 1.04. The summed E-state index contributed by atoms with van der Waals surface area (Å²) in [7, 11) is 1.66. The average molecular weight is 251 g/mol. The largest absolute Gasteiger partial charge is 0.378 e. The molecule has 0 spiro atoms. The summed E-state index contributed by atoms with van der Waals surface area (Å²) in [4.78, 5) is 12.0. The van der Waals surface area contributed by atoms with E-state index in [1.165, 1.54) is 0 Å². The molecule has 0 aliphatic heterocycles. The van der Waals surface area contributed by atoms with E-state index in [2.05, 4.69) is 25.9 Å². The van der Waals surface area contributed by atoms with Gasteiger partial charge in [0, 0.05) is 7.11 Å². The fourth-order valence-electron chi connectivity index (χ4n) is 2.23. The molecule has 0 bridgehead atoms. The first kappa shape index (κ1) is 11.6. The highest BCUT2D eigenvalue weighted by Gasteiger charge is 2.45. The van der Waals surface area contributed by atoms with Crippen molar-refractivity contribution in [3.8, 4) is 0 Å². The second-order valence-corrected chi connectivity index (χ2v) is 5.22. The second kappa shape index (κ2) is 4.31. The zero-order chi connectivity index (χ0) is 12.6. The lowest BCUT2D eigenvalue weighted by molar-refractivity contribution is -0.125. The van der Waals surface area contributed by atoms with Crippen molar-refractivity contribution in [3.05, 3.63) is 5.82 Å². The Morgan fingerprint density at radius 3 is 2.89 bits per heavy atom. The van der Waals surface area contributed by atoms with Gasteiger partial charge in [-0.05, 0) is 31.6 Å². The number of H-pyrrole nitrogens is 1. The SMILES string of the molecule is COC1(CC(=O)NC(c2nn[nH]n2)C2CC2)CC1. The molecule has 1 aromatic heterocycles. The fourth-order valence-corrected chi connectivity index (χ4v) is 2.23. The number of carbonyl (C=O) groups excluding carboxylic acids is 1. The molecule has 3 rings (SSSR count). The lowest BCUT2D eigenvalue weighted by Gasteiger charge is -2.17. The zero-order valence-corrected chi connectivity index (χ0v) is 10.3. The Hall–Kier alpha value is -1.50. The summed E-state index contributed by atoms with van der Waals surface area (Å²) in [5.41, 5.74) is -0.213. The maximum absolute atomic E-state index is 12.0. The number of ether oxygens (including phenoxy) is 1. The normalized spacial score (nSPS) is 22.5. The van der Waals surface area contributed by atoms with Crippen molar-refractivity contribution in [2.45, 2.75) is 43.7 Å². The Morgan fingerprint density at radius 2 is 2.39 bits per heavy atom. The Bertz CT molecular complexity index is 425. The molecule has 7 heteroatoms. The molecule has 2 fully saturated rings. The standard InChI is InChI=1S/C11H17N5O2/c1-18-11(4-5-11)6-8(17)12-9(7-2-3-7)10-13-15-16-14-10/h7,9H,2-6H2,1H3,(H,12,17)(H,13,14,15,16). The quantitative estimate of drug-likeness (QED) is 0.760. The number of nitrogens with one attached hydrogen (secondary N) is 2. The number of aromatic nitrogens is 4. The maximum atomic E-state index is 12.0. The van der Waals surface area contributed by atoms with Gasteiger partial charge in [0.1, 0.15) is 0 Å². The number of nitrogens with zero attached hydrogens (tertiary/aromatic N) is 3. The smallest absolute Gasteiger partial charge is 0.223 e. The Kier molecular flexibility index (Phi) is 2.77. The summed E-state index contributed by atoms with van der Waals surface area (Å²) < 4.78 is 5.36. The van der Waals surface area contributed by atoms with Gasteiger partial charge in [-0.15, -0.1) is 10.2 Å². The minimum absolute atomic E-state index is 0.0102. The average Bonchev–Trinajstić information content (AvgIpc) is 3.27. The number of methoxy groups -OCH3 is 1. The number of tetrazole rings is 1. The van der Waals surface area contributed by atoms with Crippen molar-refractivity contribution in [2.24, 2.45) is 5.92 Å². The van der Waals surface area contributed by atoms with Crippen LogP contribution < -0.4 is 5.32 Å². The molecular formula is C11H17N5O2. The van der Waals surface area contributed by atoms with Crippen molar-refractivity contribution in [3.63, 3.8) is 0 Å². The van der Waals surface area contributed by atoms with Gasteiger partial charge in [-0.3, -0.25) is 4.79 Å². The molecular weight excluding hydrogens is 234 g/mol. The molecule has 2 aliphatic carbocycles. The summed E-state index contributed by atoms with van der Waals surface area (Å²) in [6.07, 6.45) is 4.56. The van der Waals surface area contributed by atoms with Crippen LogP contribution in [0.25, 0.3) is 0 Å². The molecule has 2 N–H and O–H groups in total. The van der Waals surface area contributed by atoms with Crippen LogP contribution in [0, 0.1) is 5.92 Å². The van der Waals surface area contributed by atoms with Crippen LogP contribution in [0.2, 0.25) is 0 Å². The van der Waals surface area contributed by atoms with Gasteiger partial charge in [0.25, 0.3) is 0 Å². The summed E-state index contributed by atoms with van der Waals surface area (Å²) in [6, 6.07) is -0.107. The fraction of sp³-hybridized carbons (Fsp3) is 0.818. The minimum Gasteiger partial charge on any atom is -0.378 e. The number of aromatic amines is 1. The number of hydrogen-bond acceptors (Lipinski definition) is 5. The van der Waals surface area contributed by atoms with Crippen LogP contribution >= 0.6 is 0 Å². The first-order valence-electron chi connectivity index (χ1n) is 6.30. The van der Waals surface area contributed by atoms with Crippen LogP contribution in [0.4, 0.5) is 0 Å². The van der Waals surface area contributed by atoms with Gasteiger partial charge < -0.3 is 10.1 Å². The van der Waals surface area contributed by atoms with E-state index in [4.69, 9.17) is 4.74 Å². The number of rotatable bonds is 6. The topological polar surface area (TPSA) is 92.8 Å². The van der Waals surface area contributed by atoms with Gasteiger partial charge in [-0.2, -0.15) is 5.21 Å². The highest BCUT2D eigenvalue weighted by Crippen LogP contribution is 2.43. The predicted octanol–water partition coefficient (Wildman–Crippen LogP) is 0.336. The molecule has 0 aromatic carbocycles. The molecule has 1 atom stereocenters. The van der Waals surface area contributed by atoms with Crippen molar-refractivity contribution in [1.82, 2.24) is 25.9 Å². The Morgan fingerprint density at radius 1 is 1.61 bits per heavy atom. The van der Waals surface area contributed by atoms with Crippen LogP contribution in [0.5, 0.6) is 0 Å². The molecule has 0 saturated heterocycles. The van der Waals surface area contributed by atoms with E-state index in [-0.39, 0.29) is 17.6 Å². The van der Waals surface area contributed by atoms with E-state index < -0.39 is 0 Å². The Labute approximate surface area is 105 Å². The highest BCUT2D eigenvalue weighted by molar-refractivity contribution is 5.78. The third-order valence-electron chi connectivity index (χ3n) is 3.77. The van der Waals surface area contributed by atoms with Gasteiger partial charge in [0.05, 0.1) is 18.1 Å². The van der Waals surface area contributed by atoms with Crippen LogP contribution in [-0.4, -0.2) is 39.2 Å². The summed E-state index contributed by atoms with van der Waals surface area (Å²) in [6.45, 7) is 0. The Balaban J connectivity index is 1.61. The van der Waals surface area contributed by atoms with Crippen LogP contribution in [0.15, 0.2) is 0 Å². The first-order valence-corrected chi connectivity index (χ1v) is 6.30. The van der Waals surface area contributed by atoms with E-state index in [0.717, 1.165) is 25.7 Å². The van der Waals surface area contributed by atoms with Crippen LogP contribution in [0.3, 0.4) is 0 Å². The van der Waals surface area contributed by atoms with Crippen molar-refractivity contribution < 1.29 is 9.53 Å². The van der Waals surface area contributed by atoms with Gasteiger partial charge in [-0.25, -0.2) is 0 Å². The molecule has 1 amide bonds. The molecule has 0 radical (unpaired) electrons. The zero-order valence-electron chi connectivity index (χ0n) is 10.3. The van der Waals surface area contributed by atoms with Gasteiger partial charge >= 0.3 is 0 Å². The molecule has 7 nitrogen and oxygen atoms in total. The predicted molar refractivity (Wildman–Crippen MR) is 61.4 cm³/mol. The van der Waals surface area contributed by atoms with Crippen LogP contribution in [-0.2, 0) is 9.53 Å². The molecule has 2 aliphatic rings. The third kappa shape index (κ3) is 2.35. The third-order valence-corrected chi connectivity index (χ3v) is 3.77. The van der Waals surface area contributed by atoms with E-state index in [1.54, 1.807) is 7.11 Å². The van der Waals surface area contributed by atoms with Crippen LogP contribution in [0.1, 0.15) is 44.0 Å². The van der Waals surface area contributed by atoms with E-state index in [1.807, 2.05) is 0 Å². The molecule has 18 heavy (non-hydrogen) atoms. The number of hydrogen-bond donors (Lipinski definition) is 2. The van der Waals surface area contributed by atoms with E-state index in [0.29, 0.717) is 18.2 Å². The van der Waals surface area contributed by atoms with Gasteiger partial charge in [-0.1, -0.05) is 5.21 Å². The number of amides is 1. The van der Waals surface area contributed by atoms with E-state index in [9.17, 15) is 4.79 Å². The highest BCUT2D eigenvalue weighted by atomic mass is 16.5. The van der Waals surface area contributed by atoms with E-state index >= 15 is 0 Å². The summed E-state index contributed by atoms with van der Waals surface area (Å²) in [5, 5.41) is 16.9. The van der Waals surface area contributed by atoms with Gasteiger partial charge in [0.2, 0.25) is 5.91 Å². The monoisotopic (exact) mass is 251 g/mol. The maximum Gasteiger partial charge on any atom is 0.223 e. The summed E-state index contributed by atoms with van der Waals surface area (Å²) >= 11 is 0. The van der Waals surface area contributed by atoms with Gasteiger partial charge in [0.15, 0.2) is 5.82 Å². The molecule has 1 heterocycles. The number of carbonyl (C=O) groups is 1. The molecule has 1 aromatic rings. The van der Waals surface area contributed by atoms with Crippen molar-refractivity contribution in [2.75, 3.05) is 7.11 Å². The lowest BCUT2D eigenvalue weighted by Crippen LogP contribution is -2.34. The minimum atomic E-state index is -0.213.